The van der Waals surface area contributed by atoms with E-state index in [4.69, 9.17) is 4.74 Å². The number of rotatable bonds is 6. The molecule has 0 spiro atoms. The maximum absolute atomic E-state index is 12.1. The Balaban J connectivity index is 1.81. The van der Waals surface area contributed by atoms with Crippen LogP contribution in [0.15, 0.2) is 30.3 Å². The average Bonchev–Trinajstić information content (AvgIpc) is 2.48. The Morgan fingerprint density at radius 1 is 1.14 bits per heavy atom. The standard InChI is InChI=1S/C17H22F2O2/c1-2-20-15-9-5-13(6-10-15)3-4-14-7-11-16(12-8-14)21-17(18)19/h3-4,7-8,11-13,15,17H,2,5-6,9-10H2,1H3/b4-3+. The Kier molecular flexibility index (Phi) is 6.18. The molecule has 1 aliphatic rings. The summed E-state index contributed by atoms with van der Waals surface area (Å²) in [6.45, 7) is 0.0536. The van der Waals surface area contributed by atoms with Gasteiger partial charge in [0.2, 0.25) is 0 Å². The Bertz CT molecular complexity index is 435. The third-order valence-corrected chi connectivity index (χ3v) is 3.79. The van der Waals surface area contributed by atoms with Crippen LogP contribution in [0.25, 0.3) is 6.08 Å². The van der Waals surface area contributed by atoms with Gasteiger partial charge in [0.15, 0.2) is 0 Å². The second kappa shape index (κ2) is 8.13. The summed E-state index contributed by atoms with van der Waals surface area (Å²) in [7, 11) is 0. The van der Waals surface area contributed by atoms with Gasteiger partial charge in [-0.2, -0.15) is 8.78 Å². The molecule has 0 N–H and O–H groups in total. The van der Waals surface area contributed by atoms with Crippen molar-refractivity contribution in [3.05, 3.63) is 35.9 Å². The van der Waals surface area contributed by atoms with Crippen LogP contribution in [-0.2, 0) is 4.74 Å². The van der Waals surface area contributed by atoms with Crippen LogP contribution in [0.5, 0.6) is 5.75 Å². The second-order valence-electron chi connectivity index (χ2n) is 5.30. The van der Waals surface area contributed by atoms with Crippen LogP contribution in [0, 0.1) is 5.92 Å². The monoisotopic (exact) mass is 296 g/mol. The number of halogens is 2. The summed E-state index contributed by atoms with van der Waals surface area (Å²) >= 11 is 0. The van der Waals surface area contributed by atoms with E-state index in [-0.39, 0.29) is 5.75 Å². The van der Waals surface area contributed by atoms with Crippen LogP contribution in [0.3, 0.4) is 0 Å². The summed E-state index contributed by atoms with van der Waals surface area (Å²) in [5.41, 5.74) is 1.00. The highest BCUT2D eigenvalue weighted by atomic mass is 19.3. The van der Waals surface area contributed by atoms with Crippen molar-refractivity contribution in [2.75, 3.05) is 6.61 Å². The van der Waals surface area contributed by atoms with Crippen molar-refractivity contribution in [1.82, 2.24) is 0 Å². The van der Waals surface area contributed by atoms with Crippen molar-refractivity contribution in [2.45, 2.75) is 45.3 Å². The molecule has 0 aliphatic heterocycles. The minimum atomic E-state index is -2.77. The van der Waals surface area contributed by atoms with Gasteiger partial charge in [0.25, 0.3) is 0 Å². The molecule has 2 nitrogen and oxygen atoms in total. The molecule has 116 valence electrons. The molecular formula is C17H22F2O2. The van der Waals surface area contributed by atoms with E-state index >= 15 is 0 Å². The maximum atomic E-state index is 12.1. The van der Waals surface area contributed by atoms with E-state index < -0.39 is 6.61 Å². The van der Waals surface area contributed by atoms with Gasteiger partial charge in [-0.1, -0.05) is 24.3 Å². The molecule has 4 heteroatoms. The first-order chi connectivity index (χ1) is 10.2. The average molecular weight is 296 g/mol. The smallest absolute Gasteiger partial charge is 0.387 e. The Morgan fingerprint density at radius 3 is 2.38 bits per heavy atom. The molecule has 0 amide bonds. The van der Waals surface area contributed by atoms with Crippen LogP contribution in [-0.4, -0.2) is 19.3 Å². The molecule has 1 fully saturated rings. The first-order valence-electron chi connectivity index (χ1n) is 7.52. The molecule has 21 heavy (non-hydrogen) atoms. The first kappa shape index (κ1) is 16.0. The lowest BCUT2D eigenvalue weighted by atomic mass is 9.87. The lowest BCUT2D eigenvalue weighted by molar-refractivity contribution is -0.0498. The summed E-state index contributed by atoms with van der Waals surface area (Å²) < 4.78 is 34.1. The summed E-state index contributed by atoms with van der Waals surface area (Å²) in [6.07, 6.45) is 9.21. The van der Waals surface area contributed by atoms with Crippen molar-refractivity contribution < 1.29 is 18.3 Å². The fraction of sp³-hybridized carbons (Fsp3) is 0.529. The number of ether oxygens (including phenoxy) is 2. The van der Waals surface area contributed by atoms with E-state index in [1.807, 2.05) is 6.92 Å². The Morgan fingerprint density at radius 2 is 1.81 bits per heavy atom. The number of hydrogen-bond donors (Lipinski definition) is 0. The molecule has 0 aromatic heterocycles. The SMILES string of the molecule is CCOC1CCC(/C=C/c2ccc(OC(F)F)cc2)CC1. The number of benzene rings is 1. The van der Waals surface area contributed by atoms with Gasteiger partial charge < -0.3 is 9.47 Å². The van der Waals surface area contributed by atoms with Gasteiger partial charge in [0.1, 0.15) is 5.75 Å². The third-order valence-electron chi connectivity index (χ3n) is 3.79. The predicted molar refractivity (Wildman–Crippen MR) is 79.5 cm³/mol. The summed E-state index contributed by atoms with van der Waals surface area (Å²) in [6, 6.07) is 6.72. The summed E-state index contributed by atoms with van der Waals surface area (Å²) in [5, 5.41) is 0. The highest BCUT2D eigenvalue weighted by molar-refractivity contribution is 5.50. The molecule has 1 aromatic carbocycles. The van der Waals surface area contributed by atoms with Gasteiger partial charge in [-0.3, -0.25) is 0 Å². The quantitative estimate of drug-likeness (QED) is 0.743. The molecule has 2 rings (SSSR count). The molecule has 1 aromatic rings. The first-order valence-corrected chi connectivity index (χ1v) is 7.52. The fourth-order valence-corrected chi connectivity index (χ4v) is 2.69. The largest absolute Gasteiger partial charge is 0.435 e. The minimum Gasteiger partial charge on any atom is -0.435 e. The third kappa shape index (κ3) is 5.46. The lowest BCUT2D eigenvalue weighted by Gasteiger charge is -2.26. The van der Waals surface area contributed by atoms with E-state index in [9.17, 15) is 8.78 Å². The van der Waals surface area contributed by atoms with Gasteiger partial charge in [-0.15, -0.1) is 0 Å². The van der Waals surface area contributed by atoms with Crippen LogP contribution >= 0.6 is 0 Å². The fourth-order valence-electron chi connectivity index (χ4n) is 2.69. The molecule has 0 bridgehead atoms. The number of allylic oxidation sites excluding steroid dienone is 1. The highest BCUT2D eigenvalue weighted by Gasteiger charge is 2.19. The zero-order valence-corrected chi connectivity index (χ0v) is 12.3. The van der Waals surface area contributed by atoms with Crippen molar-refractivity contribution in [1.29, 1.82) is 0 Å². The molecule has 0 radical (unpaired) electrons. The van der Waals surface area contributed by atoms with E-state index in [1.165, 1.54) is 0 Å². The molecule has 1 aliphatic carbocycles. The van der Waals surface area contributed by atoms with Crippen LogP contribution < -0.4 is 4.74 Å². The van der Waals surface area contributed by atoms with Crippen LogP contribution in [0.1, 0.15) is 38.2 Å². The lowest BCUT2D eigenvalue weighted by Crippen LogP contribution is -2.20. The zero-order chi connectivity index (χ0) is 15.1. The Hall–Kier alpha value is -1.42. The van der Waals surface area contributed by atoms with Gasteiger partial charge in [0, 0.05) is 6.61 Å². The molecule has 0 unspecified atom stereocenters. The van der Waals surface area contributed by atoms with E-state index in [2.05, 4.69) is 16.9 Å². The molecular weight excluding hydrogens is 274 g/mol. The van der Waals surface area contributed by atoms with E-state index in [0.717, 1.165) is 37.9 Å². The van der Waals surface area contributed by atoms with Crippen molar-refractivity contribution in [3.8, 4) is 5.75 Å². The van der Waals surface area contributed by atoms with Gasteiger partial charge in [-0.25, -0.2) is 0 Å². The van der Waals surface area contributed by atoms with E-state index in [0.29, 0.717) is 12.0 Å². The molecule has 0 heterocycles. The van der Waals surface area contributed by atoms with Crippen LogP contribution in [0.4, 0.5) is 8.78 Å². The van der Waals surface area contributed by atoms with Gasteiger partial charge in [0.05, 0.1) is 6.10 Å². The minimum absolute atomic E-state index is 0.194. The summed E-state index contributed by atoms with van der Waals surface area (Å²) in [4.78, 5) is 0. The van der Waals surface area contributed by atoms with Gasteiger partial charge >= 0.3 is 6.61 Å². The molecule has 0 atom stereocenters. The molecule has 0 saturated heterocycles. The van der Waals surface area contributed by atoms with Crippen molar-refractivity contribution in [3.63, 3.8) is 0 Å². The van der Waals surface area contributed by atoms with Gasteiger partial charge in [-0.05, 0) is 56.2 Å². The Labute approximate surface area is 124 Å². The van der Waals surface area contributed by atoms with Crippen LogP contribution in [0.2, 0.25) is 0 Å². The molecule has 1 saturated carbocycles. The normalized spacial score (nSPS) is 22.9. The summed E-state index contributed by atoms with van der Waals surface area (Å²) in [5.74, 6) is 0.776. The highest BCUT2D eigenvalue weighted by Crippen LogP contribution is 2.27. The topological polar surface area (TPSA) is 18.5 Å². The number of alkyl halides is 2. The predicted octanol–water partition coefficient (Wildman–Crippen LogP) is 4.90. The van der Waals surface area contributed by atoms with Crippen molar-refractivity contribution >= 4 is 6.08 Å². The zero-order valence-electron chi connectivity index (χ0n) is 12.3. The second-order valence-corrected chi connectivity index (χ2v) is 5.30. The number of hydrogen-bond acceptors (Lipinski definition) is 2. The maximum Gasteiger partial charge on any atom is 0.387 e. The van der Waals surface area contributed by atoms with E-state index in [1.54, 1.807) is 24.3 Å². The van der Waals surface area contributed by atoms with Crippen molar-refractivity contribution in [2.24, 2.45) is 5.92 Å².